The highest BCUT2D eigenvalue weighted by molar-refractivity contribution is 7.99. The van der Waals surface area contributed by atoms with Crippen molar-refractivity contribution in [3.05, 3.63) is 23.8 Å². The van der Waals surface area contributed by atoms with E-state index in [2.05, 4.69) is 4.90 Å². The van der Waals surface area contributed by atoms with E-state index in [1.165, 1.54) is 24.6 Å². The fourth-order valence-corrected chi connectivity index (χ4v) is 4.67. The zero-order valence-electron chi connectivity index (χ0n) is 16.2. The second-order valence-corrected chi connectivity index (χ2v) is 8.25. The predicted octanol–water partition coefficient (Wildman–Crippen LogP) is 2.08. The fraction of sp³-hybridized carbons (Fsp3) is 0.650. The summed E-state index contributed by atoms with van der Waals surface area (Å²) in [6.45, 7) is 5.04. The van der Waals surface area contributed by atoms with Crippen LogP contribution in [0.4, 0.5) is 0 Å². The lowest BCUT2D eigenvalue weighted by Gasteiger charge is -2.40. The number of nitrogens with two attached hydrogens (primary N) is 1. The van der Waals surface area contributed by atoms with E-state index in [9.17, 15) is 4.79 Å². The number of ether oxygens (including phenoxy) is 2. The first kappa shape index (κ1) is 20.3. The summed E-state index contributed by atoms with van der Waals surface area (Å²) in [6, 6.07) is 6.05. The summed E-state index contributed by atoms with van der Waals surface area (Å²) in [6.07, 6.45) is 2.85. The Morgan fingerprint density at radius 2 is 1.96 bits per heavy atom. The van der Waals surface area contributed by atoms with Gasteiger partial charge in [0.05, 0.1) is 19.3 Å². The number of hydrogen-bond acceptors (Lipinski definition) is 6. The van der Waals surface area contributed by atoms with E-state index in [1.807, 2.05) is 28.8 Å². The van der Waals surface area contributed by atoms with Crippen LogP contribution in [0.3, 0.4) is 0 Å². The van der Waals surface area contributed by atoms with Gasteiger partial charge in [0.25, 0.3) is 5.91 Å². The number of nitrogens with zero attached hydrogens (tertiary/aromatic N) is 2. The van der Waals surface area contributed by atoms with Gasteiger partial charge in [-0.1, -0.05) is 0 Å². The second-order valence-electron chi connectivity index (χ2n) is 7.02. The van der Waals surface area contributed by atoms with Crippen LogP contribution in [0.2, 0.25) is 0 Å². The van der Waals surface area contributed by atoms with E-state index in [1.54, 1.807) is 13.2 Å². The van der Waals surface area contributed by atoms with Crippen molar-refractivity contribution in [3.8, 4) is 11.5 Å². The topological polar surface area (TPSA) is 68.0 Å². The molecular weight excluding hydrogens is 362 g/mol. The zero-order valence-corrected chi connectivity index (χ0v) is 17.0. The summed E-state index contributed by atoms with van der Waals surface area (Å²) in [7, 11) is 1.61. The van der Waals surface area contributed by atoms with Gasteiger partial charge >= 0.3 is 0 Å². The average Bonchev–Trinajstić information content (AvgIpc) is 2.74. The number of rotatable bonds is 7. The maximum absolute atomic E-state index is 13.2. The van der Waals surface area contributed by atoms with Crippen LogP contribution in [0.1, 0.15) is 29.6 Å². The van der Waals surface area contributed by atoms with E-state index in [4.69, 9.17) is 15.2 Å². The Morgan fingerprint density at radius 3 is 2.63 bits per heavy atom. The molecule has 3 rings (SSSR count). The third-order valence-corrected chi connectivity index (χ3v) is 6.28. The predicted molar refractivity (Wildman–Crippen MR) is 110 cm³/mol. The number of methoxy groups -OCH3 is 1. The summed E-state index contributed by atoms with van der Waals surface area (Å²) >= 11 is 2.04. The van der Waals surface area contributed by atoms with Gasteiger partial charge in [-0.15, -0.1) is 0 Å². The number of piperidine rings is 1. The monoisotopic (exact) mass is 393 g/mol. The number of hydrogen-bond donors (Lipinski definition) is 1. The molecule has 0 bridgehead atoms. The largest absolute Gasteiger partial charge is 0.497 e. The molecule has 2 aliphatic heterocycles. The number of amides is 1. The molecule has 1 aromatic carbocycles. The van der Waals surface area contributed by atoms with Crippen LogP contribution in [0.5, 0.6) is 11.5 Å². The van der Waals surface area contributed by atoms with Crippen molar-refractivity contribution in [3.63, 3.8) is 0 Å². The molecule has 0 aliphatic carbocycles. The smallest absolute Gasteiger partial charge is 0.257 e. The first-order valence-corrected chi connectivity index (χ1v) is 11.0. The molecule has 0 unspecified atom stereocenters. The van der Waals surface area contributed by atoms with Crippen LogP contribution < -0.4 is 15.2 Å². The van der Waals surface area contributed by atoms with Crippen molar-refractivity contribution in [2.75, 3.05) is 57.9 Å². The SMILES string of the molecule is COc1ccc(OCCCN)c(C(=O)N2CCC(N3CCSCC3)CC2)c1. The van der Waals surface area contributed by atoms with Crippen molar-refractivity contribution in [2.24, 2.45) is 5.73 Å². The molecule has 0 saturated carbocycles. The summed E-state index contributed by atoms with van der Waals surface area (Å²) in [5.41, 5.74) is 6.13. The Balaban J connectivity index is 1.64. The van der Waals surface area contributed by atoms with Crippen molar-refractivity contribution >= 4 is 17.7 Å². The van der Waals surface area contributed by atoms with E-state index in [-0.39, 0.29) is 5.91 Å². The lowest BCUT2D eigenvalue weighted by atomic mass is 10.0. The molecule has 2 saturated heterocycles. The van der Waals surface area contributed by atoms with Crippen molar-refractivity contribution in [2.45, 2.75) is 25.3 Å². The lowest BCUT2D eigenvalue weighted by molar-refractivity contribution is 0.0626. The molecule has 0 spiro atoms. The Labute approximate surface area is 166 Å². The van der Waals surface area contributed by atoms with Gasteiger partial charge in [-0.25, -0.2) is 0 Å². The molecule has 2 fully saturated rings. The van der Waals surface area contributed by atoms with Gasteiger partial charge in [-0.2, -0.15) is 11.8 Å². The first-order valence-electron chi connectivity index (χ1n) is 9.85. The first-order chi connectivity index (χ1) is 13.2. The van der Waals surface area contributed by atoms with Gasteiger partial charge in [-0.05, 0) is 44.0 Å². The Morgan fingerprint density at radius 1 is 1.22 bits per heavy atom. The van der Waals surface area contributed by atoms with Crippen molar-refractivity contribution in [1.29, 1.82) is 0 Å². The number of benzene rings is 1. The summed E-state index contributed by atoms with van der Waals surface area (Å²) in [4.78, 5) is 17.7. The van der Waals surface area contributed by atoms with Crippen LogP contribution in [0.15, 0.2) is 18.2 Å². The van der Waals surface area contributed by atoms with Gasteiger partial charge in [0.2, 0.25) is 0 Å². The summed E-state index contributed by atoms with van der Waals surface area (Å²) < 4.78 is 11.1. The number of thioether (sulfide) groups is 1. The zero-order chi connectivity index (χ0) is 19.1. The molecule has 1 aromatic rings. The lowest BCUT2D eigenvalue weighted by Crippen LogP contribution is -2.49. The second kappa shape index (κ2) is 10.2. The highest BCUT2D eigenvalue weighted by Crippen LogP contribution is 2.28. The Bertz CT molecular complexity index is 614. The minimum atomic E-state index is 0.0318. The Kier molecular flexibility index (Phi) is 7.67. The van der Waals surface area contributed by atoms with E-state index >= 15 is 0 Å². The number of carbonyl (C=O) groups excluding carboxylic acids is 1. The van der Waals surface area contributed by atoms with Crippen LogP contribution in [-0.2, 0) is 0 Å². The molecule has 6 nitrogen and oxygen atoms in total. The molecule has 0 aromatic heterocycles. The minimum Gasteiger partial charge on any atom is -0.497 e. The van der Waals surface area contributed by atoms with Gasteiger partial charge in [0.15, 0.2) is 0 Å². The van der Waals surface area contributed by atoms with Crippen molar-refractivity contribution in [1.82, 2.24) is 9.80 Å². The standard InChI is InChI=1S/C20H31N3O3S/c1-25-17-3-4-19(26-12-2-7-21)18(15-17)20(24)23-8-5-16(6-9-23)22-10-13-27-14-11-22/h3-4,15-16H,2,5-14,21H2,1H3. The minimum absolute atomic E-state index is 0.0318. The van der Waals surface area contributed by atoms with Crippen LogP contribution in [0.25, 0.3) is 0 Å². The summed E-state index contributed by atoms with van der Waals surface area (Å²) in [5, 5.41) is 0. The molecule has 27 heavy (non-hydrogen) atoms. The Hall–Kier alpha value is -1.44. The van der Waals surface area contributed by atoms with Gasteiger partial charge in [0, 0.05) is 43.7 Å². The quantitative estimate of drug-likeness (QED) is 0.716. The van der Waals surface area contributed by atoms with E-state index in [0.717, 1.165) is 32.4 Å². The molecule has 2 aliphatic rings. The fourth-order valence-electron chi connectivity index (χ4n) is 3.74. The van der Waals surface area contributed by atoms with Crippen LogP contribution in [-0.4, -0.2) is 79.7 Å². The number of carbonyl (C=O) groups is 1. The maximum atomic E-state index is 13.2. The molecule has 2 heterocycles. The highest BCUT2D eigenvalue weighted by atomic mass is 32.2. The molecule has 0 atom stereocenters. The summed E-state index contributed by atoms with van der Waals surface area (Å²) in [5.74, 6) is 3.78. The average molecular weight is 394 g/mol. The molecule has 2 N–H and O–H groups in total. The third kappa shape index (κ3) is 5.30. The highest BCUT2D eigenvalue weighted by Gasteiger charge is 2.29. The van der Waals surface area contributed by atoms with E-state index in [0.29, 0.717) is 36.3 Å². The molecular formula is C20H31N3O3S. The van der Waals surface area contributed by atoms with E-state index < -0.39 is 0 Å². The number of likely N-dealkylation sites (tertiary alicyclic amines) is 1. The van der Waals surface area contributed by atoms with Crippen LogP contribution >= 0.6 is 11.8 Å². The van der Waals surface area contributed by atoms with Gasteiger partial charge in [0.1, 0.15) is 11.5 Å². The van der Waals surface area contributed by atoms with Gasteiger partial charge < -0.3 is 20.1 Å². The van der Waals surface area contributed by atoms with Crippen LogP contribution in [0, 0.1) is 0 Å². The van der Waals surface area contributed by atoms with Gasteiger partial charge in [-0.3, -0.25) is 9.69 Å². The normalized spacial score (nSPS) is 19.1. The molecule has 1 amide bonds. The third-order valence-electron chi connectivity index (χ3n) is 5.34. The molecule has 0 radical (unpaired) electrons. The maximum Gasteiger partial charge on any atom is 0.257 e. The molecule has 150 valence electrons. The van der Waals surface area contributed by atoms with Crippen molar-refractivity contribution < 1.29 is 14.3 Å². The molecule has 7 heteroatoms.